The Labute approximate surface area is 131 Å². The predicted octanol–water partition coefficient (Wildman–Crippen LogP) is 1.46. The SMILES string of the molecule is C=CCN1CC2(CCN(Cc3ccncc3)CC2)OCC1=O. The van der Waals surface area contributed by atoms with E-state index in [9.17, 15) is 4.79 Å². The van der Waals surface area contributed by atoms with Gasteiger partial charge >= 0.3 is 0 Å². The highest BCUT2D eigenvalue weighted by molar-refractivity contribution is 5.78. The fourth-order valence-corrected chi connectivity index (χ4v) is 3.28. The molecule has 1 aromatic rings. The molecule has 0 radical (unpaired) electrons. The Morgan fingerprint density at radius 1 is 1.32 bits per heavy atom. The van der Waals surface area contributed by atoms with E-state index in [1.165, 1.54) is 5.56 Å². The molecule has 0 saturated carbocycles. The van der Waals surface area contributed by atoms with E-state index in [0.717, 1.165) is 32.5 Å². The number of morpholine rings is 1. The molecular weight excluding hydrogens is 278 g/mol. The molecule has 2 aliphatic heterocycles. The molecule has 2 aliphatic rings. The molecule has 0 atom stereocenters. The van der Waals surface area contributed by atoms with Crippen molar-refractivity contribution >= 4 is 5.91 Å². The second-order valence-electron chi connectivity index (χ2n) is 6.17. The lowest BCUT2D eigenvalue weighted by Gasteiger charge is -2.46. The highest BCUT2D eigenvalue weighted by Crippen LogP contribution is 2.31. The minimum Gasteiger partial charge on any atom is -0.363 e. The van der Waals surface area contributed by atoms with Crippen molar-refractivity contribution < 1.29 is 9.53 Å². The number of hydrogen-bond donors (Lipinski definition) is 0. The van der Waals surface area contributed by atoms with E-state index >= 15 is 0 Å². The number of pyridine rings is 1. The molecule has 1 amide bonds. The van der Waals surface area contributed by atoms with E-state index in [4.69, 9.17) is 4.74 Å². The number of piperidine rings is 1. The summed E-state index contributed by atoms with van der Waals surface area (Å²) in [5.74, 6) is 0.0738. The Bertz CT molecular complexity index is 524. The number of amides is 1. The zero-order valence-electron chi connectivity index (χ0n) is 12.9. The fourth-order valence-electron chi connectivity index (χ4n) is 3.28. The molecule has 1 aromatic heterocycles. The summed E-state index contributed by atoms with van der Waals surface area (Å²) < 4.78 is 5.93. The highest BCUT2D eigenvalue weighted by atomic mass is 16.5. The maximum absolute atomic E-state index is 11.9. The molecule has 5 nitrogen and oxygen atoms in total. The number of rotatable bonds is 4. The van der Waals surface area contributed by atoms with Gasteiger partial charge in [-0.1, -0.05) is 6.08 Å². The van der Waals surface area contributed by atoms with Crippen LogP contribution in [-0.2, 0) is 16.1 Å². The van der Waals surface area contributed by atoms with Crippen LogP contribution in [0.2, 0.25) is 0 Å². The molecule has 1 spiro atoms. The second-order valence-corrected chi connectivity index (χ2v) is 6.17. The summed E-state index contributed by atoms with van der Waals surface area (Å²) in [6, 6.07) is 4.12. The van der Waals surface area contributed by atoms with Crippen LogP contribution in [-0.4, -0.2) is 59.1 Å². The van der Waals surface area contributed by atoms with Crippen molar-refractivity contribution in [3.8, 4) is 0 Å². The van der Waals surface area contributed by atoms with E-state index in [-0.39, 0.29) is 18.1 Å². The van der Waals surface area contributed by atoms with Crippen molar-refractivity contribution in [2.45, 2.75) is 25.0 Å². The van der Waals surface area contributed by atoms with Crippen molar-refractivity contribution in [3.05, 3.63) is 42.7 Å². The number of ether oxygens (including phenoxy) is 1. The van der Waals surface area contributed by atoms with Crippen molar-refractivity contribution in [2.24, 2.45) is 0 Å². The molecular formula is C17H23N3O2. The molecule has 2 saturated heterocycles. The summed E-state index contributed by atoms with van der Waals surface area (Å²) in [5.41, 5.74) is 1.13. The lowest BCUT2D eigenvalue weighted by molar-refractivity contribution is -0.170. The van der Waals surface area contributed by atoms with Gasteiger partial charge in [-0.15, -0.1) is 6.58 Å². The van der Waals surface area contributed by atoms with Crippen molar-refractivity contribution in [1.29, 1.82) is 0 Å². The van der Waals surface area contributed by atoms with Gasteiger partial charge in [0, 0.05) is 38.6 Å². The van der Waals surface area contributed by atoms with Crippen LogP contribution in [0.3, 0.4) is 0 Å². The molecule has 3 heterocycles. The average Bonchev–Trinajstić information content (AvgIpc) is 2.55. The Morgan fingerprint density at radius 2 is 2.05 bits per heavy atom. The van der Waals surface area contributed by atoms with Gasteiger partial charge in [-0.2, -0.15) is 0 Å². The van der Waals surface area contributed by atoms with Gasteiger partial charge in [0.2, 0.25) is 5.91 Å². The molecule has 3 rings (SSSR count). The lowest BCUT2D eigenvalue weighted by atomic mass is 9.89. The molecule has 22 heavy (non-hydrogen) atoms. The molecule has 0 aromatic carbocycles. The van der Waals surface area contributed by atoms with Gasteiger partial charge in [0.05, 0.1) is 12.1 Å². The highest BCUT2D eigenvalue weighted by Gasteiger charge is 2.41. The summed E-state index contributed by atoms with van der Waals surface area (Å²) in [6.45, 7) is 8.20. The Kier molecular flexibility index (Phi) is 4.55. The molecule has 0 unspecified atom stereocenters. The first-order valence-corrected chi connectivity index (χ1v) is 7.85. The van der Waals surface area contributed by atoms with Gasteiger partial charge in [-0.3, -0.25) is 14.7 Å². The standard InChI is InChI=1S/C17H23N3O2/c1-2-9-20-14-17(22-13-16(20)21)5-10-19(11-6-17)12-15-3-7-18-8-4-15/h2-4,7-8H,1,5-6,9-14H2. The van der Waals surface area contributed by atoms with E-state index in [2.05, 4.69) is 28.6 Å². The number of hydrogen-bond acceptors (Lipinski definition) is 4. The smallest absolute Gasteiger partial charge is 0.248 e. The molecule has 0 bridgehead atoms. The predicted molar refractivity (Wildman–Crippen MR) is 84.2 cm³/mol. The number of likely N-dealkylation sites (tertiary alicyclic amines) is 1. The quantitative estimate of drug-likeness (QED) is 0.790. The lowest BCUT2D eigenvalue weighted by Crippen LogP contribution is -2.58. The van der Waals surface area contributed by atoms with Crippen molar-refractivity contribution in [2.75, 3.05) is 32.8 Å². The maximum atomic E-state index is 11.9. The summed E-state index contributed by atoms with van der Waals surface area (Å²) >= 11 is 0. The van der Waals surface area contributed by atoms with Crippen LogP contribution in [0.25, 0.3) is 0 Å². The van der Waals surface area contributed by atoms with Gasteiger partial charge in [-0.05, 0) is 30.5 Å². The van der Waals surface area contributed by atoms with Crippen molar-refractivity contribution in [3.63, 3.8) is 0 Å². The monoisotopic (exact) mass is 301 g/mol. The van der Waals surface area contributed by atoms with Gasteiger partial charge in [0.15, 0.2) is 0 Å². The van der Waals surface area contributed by atoms with Crippen LogP contribution in [0.1, 0.15) is 18.4 Å². The number of nitrogens with zero attached hydrogens (tertiary/aromatic N) is 3. The van der Waals surface area contributed by atoms with Gasteiger partial charge in [0.1, 0.15) is 6.61 Å². The topological polar surface area (TPSA) is 45.7 Å². The third kappa shape index (κ3) is 3.36. The number of carbonyl (C=O) groups is 1. The van der Waals surface area contributed by atoms with Crippen LogP contribution >= 0.6 is 0 Å². The first-order chi connectivity index (χ1) is 10.7. The van der Waals surface area contributed by atoms with E-state index < -0.39 is 0 Å². The zero-order chi connectivity index (χ0) is 15.4. The molecule has 5 heteroatoms. The molecule has 118 valence electrons. The van der Waals surface area contributed by atoms with Crippen LogP contribution < -0.4 is 0 Å². The Balaban J connectivity index is 1.56. The van der Waals surface area contributed by atoms with Gasteiger partial charge < -0.3 is 9.64 Å². The van der Waals surface area contributed by atoms with Gasteiger partial charge in [0.25, 0.3) is 0 Å². The normalized spacial score (nSPS) is 22.0. The van der Waals surface area contributed by atoms with E-state index in [1.807, 2.05) is 17.3 Å². The Hall–Kier alpha value is -1.72. The molecule has 0 N–H and O–H groups in total. The van der Waals surface area contributed by atoms with E-state index in [0.29, 0.717) is 13.1 Å². The Morgan fingerprint density at radius 3 is 2.73 bits per heavy atom. The number of carbonyl (C=O) groups excluding carboxylic acids is 1. The third-order valence-corrected chi connectivity index (χ3v) is 4.61. The first-order valence-electron chi connectivity index (χ1n) is 7.85. The maximum Gasteiger partial charge on any atom is 0.248 e. The summed E-state index contributed by atoms with van der Waals surface area (Å²) in [6.07, 6.45) is 7.40. The van der Waals surface area contributed by atoms with Crippen molar-refractivity contribution in [1.82, 2.24) is 14.8 Å². The summed E-state index contributed by atoms with van der Waals surface area (Å²) in [7, 11) is 0. The molecule has 0 aliphatic carbocycles. The summed E-state index contributed by atoms with van der Waals surface area (Å²) in [4.78, 5) is 20.2. The van der Waals surface area contributed by atoms with Crippen LogP contribution in [0.4, 0.5) is 0 Å². The van der Waals surface area contributed by atoms with E-state index in [1.54, 1.807) is 6.08 Å². The third-order valence-electron chi connectivity index (χ3n) is 4.61. The minimum absolute atomic E-state index is 0.0738. The van der Waals surface area contributed by atoms with Gasteiger partial charge in [-0.25, -0.2) is 0 Å². The minimum atomic E-state index is -0.161. The first kappa shape index (κ1) is 15.2. The van der Waals surface area contributed by atoms with Crippen LogP contribution in [0.15, 0.2) is 37.2 Å². The average molecular weight is 301 g/mol. The molecule has 2 fully saturated rings. The second kappa shape index (κ2) is 6.58. The summed E-state index contributed by atoms with van der Waals surface area (Å²) in [5, 5.41) is 0. The van der Waals surface area contributed by atoms with Crippen LogP contribution in [0, 0.1) is 0 Å². The van der Waals surface area contributed by atoms with Crippen LogP contribution in [0.5, 0.6) is 0 Å². The number of aromatic nitrogens is 1. The fraction of sp³-hybridized carbons (Fsp3) is 0.529. The largest absolute Gasteiger partial charge is 0.363 e. The zero-order valence-corrected chi connectivity index (χ0v) is 12.9.